The first-order valence-corrected chi connectivity index (χ1v) is 6.20. The standard InChI is InChI=1S/C15H18FNO3/c1-15(2,3)20-14(19)17-9-5-7-11-6-4-8-13(16)12(11)10-18/h4-8,10H,9H2,1-3H3,(H,17,19). The second kappa shape index (κ2) is 6.84. The molecular formula is C15H18FNO3. The van der Waals surface area contributed by atoms with Gasteiger partial charge in [-0.1, -0.05) is 24.3 Å². The molecule has 0 saturated carbocycles. The van der Waals surface area contributed by atoms with Gasteiger partial charge in [-0.15, -0.1) is 0 Å². The summed E-state index contributed by atoms with van der Waals surface area (Å²) in [6, 6.07) is 4.36. The van der Waals surface area contributed by atoms with Crippen LogP contribution in [-0.4, -0.2) is 24.5 Å². The monoisotopic (exact) mass is 279 g/mol. The summed E-state index contributed by atoms with van der Waals surface area (Å²) in [6.45, 7) is 5.53. The van der Waals surface area contributed by atoms with E-state index in [0.29, 0.717) is 11.8 Å². The number of aldehydes is 1. The third-order valence-corrected chi connectivity index (χ3v) is 2.27. The lowest BCUT2D eigenvalue weighted by molar-refractivity contribution is 0.0534. The molecule has 0 aliphatic carbocycles. The van der Waals surface area contributed by atoms with Gasteiger partial charge in [0.2, 0.25) is 0 Å². The molecule has 1 aromatic rings. The molecule has 0 aromatic heterocycles. The highest BCUT2D eigenvalue weighted by Gasteiger charge is 2.15. The first kappa shape index (κ1) is 15.9. The van der Waals surface area contributed by atoms with Gasteiger partial charge >= 0.3 is 6.09 Å². The Labute approximate surface area is 117 Å². The molecule has 0 saturated heterocycles. The van der Waals surface area contributed by atoms with Crippen LogP contribution in [0.1, 0.15) is 36.7 Å². The fourth-order valence-corrected chi connectivity index (χ4v) is 1.47. The van der Waals surface area contributed by atoms with Crippen molar-refractivity contribution in [3.05, 3.63) is 41.2 Å². The third-order valence-electron chi connectivity index (χ3n) is 2.27. The fourth-order valence-electron chi connectivity index (χ4n) is 1.47. The minimum atomic E-state index is -0.567. The van der Waals surface area contributed by atoms with E-state index >= 15 is 0 Å². The van der Waals surface area contributed by atoms with E-state index in [-0.39, 0.29) is 12.1 Å². The maximum absolute atomic E-state index is 13.3. The van der Waals surface area contributed by atoms with Gasteiger partial charge in [-0.05, 0) is 32.4 Å². The van der Waals surface area contributed by atoms with Crippen LogP contribution in [-0.2, 0) is 4.74 Å². The summed E-state index contributed by atoms with van der Waals surface area (Å²) in [5.74, 6) is -0.567. The average molecular weight is 279 g/mol. The van der Waals surface area contributed by atoms with Gasteiger partial charge in [0.25, 0.3) is 0 Å². The summed E-state index contributed by atoms with van der Waals surface area (Å²) < 4.78 is 18.4. The van der Waals surface area contributed by atoms with Crippen LogP contribution in [0.4, 0.5) is 9.18 Å². The molecule has 1 amide bonds. The number of nitrogens with one attached hydrogen (secondary N) is 1. The summed E-state index contributed by atoms with van der Waals surface area (Å²) in [5, 5.41) is 2.53. The van der Waals surface area contributed by atoms with Crippen molar-refractivity contribution >= 4 is 18.5 Å². The molecule has 1 N–H and O–H groups in total. The molecule has 0 fully saturated rings. The number of ether oxygens (including phenoxy) is 1. The number of amides is 1. The van der Waals surface area contributed by atoms with E-state index in [2.05, 4.69) is 5.32 Å². The molecule has 0 heterocycles. The van der Waals surface area contributed by atoms with Crippen molar-refractivity contribution < 1.29 is 18.7 Å². The highest BCUT2D eigenvalue weighted by Crippen LogP contribution is 2.12. The van der Waals surface area contributed by atoms with Crippen molar-refractivity contribution in [1.29, 1.82) is 0 Å². The van der Waals surface area contributed by atoms with Gasteiger partial charge in [-0.25, -0.2) is 9.18 Å². The molecule has 0 spiro atoms. The number of halogens is 1. The van der Waals surface area contributed by atoms with E-state index in [4.69, 9.17) is 4.74 Å². The number of rotatable bonds is 4. The van der Waals surface area contributed by atoms with Gasteiger partial charge in [0.05, 0.1) is 5.56 Å². The summed E-state index contributed by atoms with van der Waals surface area (Å²) in [7, 11) is 0. The second-order valence-electron chi connectivity index (χ2n) is 5.15. The van der Waals surface area contributed by atoms with Crippen LogP contribution in [0.2, 0.25) is 0 Å². The van der Waals surface area contributed by atoms with E-state index in [1.165, 1.54) is 12.1 Å². The lowest BCUT2D eigenvalue weighted by Gasteiger charge is -2.19. The van der Waals surface area contributed by atoms with E-state index in [0.717, 1.165) is 0 Å². The van der Waals surface area contributed by atoms with Gasteiger partial charge in [0.15, 0.2) is 6.29 Å². The van der Waals surface area contributed by atoms with Gasteiger partial charge in [-0.3, -0.25) is 4.79 Å². The Kier molecular flexibility index (Phi) is 5.43. The van der Waals surface area contributed by atoms with Gasteiger partial charge in [0.1, 0.15) is 11.4 Å². The van der Waals surface area contributed by atoms with E-state index in [9.17, 15) is 14.0 Å². The molecular weight excluding hydrogens is 261 g/mol. The quantitative estimate of drug-likeness (QED) is 0.861. The van der Waals surface area contributed by atoms with Crippen molar-refractivity contribution in [2.75, 3.05) is 6.54 Å². The van der Waals surface area contributed by atoms with Crippen molar-refractivity contribution in [2.45, 2.75) is 26.4 Å². The molecule has 0 unspecified atom stereocenters. The maximum atomic E-state index is 13.3. The van der Waals surface area contributed by atoms with Crippen LogP contribution in [0.15, 0.2) is 24.3 Å². The van der Waals surface area contributed by atoms with Gasteiger partial charge in [-0.2, -0.15) is 0 Å². The largest absolute Gasteiger partial charge is 0.444 e. The molecule has 1 rings (SSSR count). The SMILES string of the molecule is CC(C)(C)OC(=O)NCC=Cc1cccc(F)c1C=O. The molecule has 4 nitrogen and oxygen atoms in total. The Balaban J connectivity index is 2.56. The molecule has 108 valence electrons. The summed E-state index contributed by atoms with van der Waals surface area (Å²) >= 11 is 0. The van der Waals surface area contributed by atoms with Crippen molar-refractivity contribution in [3.63, 3.8) is 0 Å². The van der Waals surface area contributed by atoms with Crippen molar-refractivity contribution in [3.8, 4) is 0 Å². The van der Waals surface area contributed by atoms with Crippen LogP contribution < -0.4 is 5.32 Å². The first-order valence-electron chi connectivity index (χ1n) is 6.20. The zero-order valence-electron chi connectivity index (χ0n) is 11.8. The van der Waals surface area contributed by atoms with Crippen molar-refractivity contribution in [1.82, 2.24) is 5.32 Å². The van der Waals surface area contributed by atoms with Crippen LogP contribution in [0.3, 0.4) is 0 Å². The zero-order chi connectivity index (χ0) is 15.2. The predicted octanol–water partition coefficient (Wildman–Crippen LogP) is 3.18. The highest BCUT2D eigenvalue weighted by atomic mass is 19.1. The predicted molar refractivity (Wildman–Crippen MR) is 75.1 cm³/mol. The van der Waals surface area contributed by atoms with E-state index in [1.54, 1.807) is 39.0 Å². The second-order valence-corrected chi connectivity index (χ2v) is 5.15. The van der Waals surface area contributed by atoms with Crippen LogP contribution in [0.25, 0.3) is 6.08 Å². The topological polar surface area (TPSA) is 55.4 Å². The summed E-state index contributed by atoms with van der Waals surface area (Å²) in [6.07, 6.45) is 3.13. The van der Waals surface area contributed by atoms with Gasteiger partial charge in [0, 0.05) is 6.54 Å². The molecule has 0 radical (unpaired) electrons. The number of carbonyl (C=O) groups excluding carboxylic acids is 2. The lowest BCUT2D eigenvalue weighted by Crippen LogP contribution is -2.32. The Morgan fingerprint density at radius 3 is 2.70 bits per heavy atom. The Morgan fingerprint density at radius 2 is 2.10 bits per heavy atom. The maximum Gasteiger partial charge on any atom is 0.407 e. The minimum absolute atomic E-state index is 0.000943. The van der Waals surface area contributed by atoms with Gasteiger partial charge < -0.3 is 10.1 Å². The fraction of sp³-hybridized carbons (Fsp3) is 0.333. The number of alkyl carbamates (subject to hydrolysis) is 1. The van der Waals surface area contributed by atoms with E-state index in [1.807, 2.05) is 0 Å². The first-order chi connectivity index (χ1) is 9.33. The summed E-state index contributed by atoms with van der Waals surface area (Å²) in [5.41, 5.74) is -0.0897. The molecule has 0 aliphatic rings. The highest BCUT2D eigenvalue weighted by molar-refractivity contribution is 5.82. The Bertz CT molecular complexity index is 518. The minimum Gasteiger partial charge on any atom is -0.444 e. The lowest BCUT2D eigenvalue weighted by atomic mass is 10.1. The molecule has 1 aromatic carbocycles. The molecule has 0 atom stereocenters. The normalized spacial score (nSPS) is 11.4. The molecule has 0 aliphatic heterocycles. The number of hydrogen-bond acceptors (Lipinski definition) is 3. The zero-order valence-corrected chi connectivity index (χ0v) is 11.8. The number of benzene rings is 1. The Morgan fingerprint density at radius 1 is 1.40 bits per heavy atom. The molecule has 5 heteroatoms. The van der Waals surface area contributed by atoms with E-state index < -0.39 is 17.5 Å². The van der Waals surface area contributed by atoms with Crippen LogP contribution >= 0.6 is 0 Å². The molecule has 0 bridgehead atoms. The Hall–Kier alpha value is -2.17. The summed E-state index contributed by atoms with van der Waals surface area (Å²) in [4.78, 5) is 22.1. The van der Waals surface area contributed by atoms with Crippen LogP contribution in [0.5, 0.6) is 0 Å². The number of carbonyl (C=O) groups is 2. The molecule has 20 heavy (non-hydrogen) atoms. The third kappa shape index (κ3) is 5.22. The van der Waals surface area contributed by atoms with Crippen LogP contribution in [0, 0.1) is 5.82 Å². The van der Waals surface area contributed by atoms with Crippen molar-refractivity contribution in [2.24, 2.45) is 0 Å². The number of hydrogen-bond donors (Lipinski definition) is 1. The average Bonchev–Trinajstić information content (AvgIpc) is 2.32. The smallest absolute Gasteiger partial charge is 0.407 e.